The SMILES string of the molecule is CC(C)N(CCCN)c1ncncc1Br. The Balaban J connectivity index is 2.84. The summed E-state index contributed by atoms with van der Waals surface area (Å²) in [4.78, 5) is 10.5. The van der Waals surface area contributed by atoms with E-state index in [1.54, 1.807) is 12.5 Å². The summed E-state index contributed by atoms with van der Waals surface area (Å²) < 4.78 is 0.927. The summed E-state index contributed by atoms with van der Waals surface area (Å²) in [5.41, 5.74) is 5.52. The molecule has 0 amide bonds. The zero-order valence-corrected chi connectivity index (χ0v) is 10.7. The Morgan fingerprint density at radius 1 is 1.53 bits per heavy atom. The normalized spacial score (nSPS) is 10.7. The summed E-state index contributed by atoms with van der Waals surface area (Å²) in [5.74, 6) is 0.938. The van der Waals surface area contributed by atoms with E-state index >= 15 is 0 Å². The maximum Gasteiger partial charge on any atom is 0.146 e. The highest BCUT2D eigenvalue weighted by Gasteiger charge is 2.13. The van der Waals surface area contributed by atoms with Crippen LogP contribution in [0, 0.1) is 0 Å². The van der Waals surface area contributed by atoms with E-state index in [1.165, 1.54) is 0 Å². The third-order valence-corrected chi connectivity index (χ3v) is 2.71. The first-order chi connectivity index (χ1) is 7.16. The molecule has 0 saturated heterocycles. The maximum absolute atomic E-state index is 5.52. The number of nitrogens with zero attached hydrogens (tertiary/aromatic N) is 3. The van der Waals surface area contributed by atoms with Gasteiger partial charge in [-0.15, -0.1) is 0 Å². The smallest absolute Gasteiger partial charge is 0.146 e. The molecule has 0 unspecified atom stereocenters. The zero-order valence-electron chi connectivity index (χ0n) is 9.15. The molecule has 4 nitrogen and oxygen atoms in total. The molecule has 0 aliphatic carbocycles. The molecule has 0 spiro atoms. The van der Waals surface area contributed by atoms with Gasteiger partial charge in [-0.05, 0) is 42.7 Å². The van der Waals surface area contributed by atoms with Crippen molar-refractivity contribution in [3.05, 3.63) is 17.0 Å². The second-order valence-electron chi connectivity index (χ2n) is 3.62. The van der Waals surface area contributed by atoms with Crippen molar-refractivity contribution in [2.75, 3.05) is 18.0 Å². The van der Waals surface area contributed by atoms with Crippen LogP contribution in [0.15, 0.2) is 17.0 Å². The molecule has 2 N–H and O–H groups in total. The molecular formula is C10H17BrN4. The molecule has 1 heterocycles. The van der Waals surface area contributed by atoms with Crippen LogP contribution in [0.5, 0.6) is 0 Å². The monoisotopic (exact) mass is 272 g/mol. The fourth-order valence-electron chi connectivity index (χ4n) is 1.39. The van der Waals surface area contributed by atoms with Gasteiger partial charge in [-0.25, -0.2) is 9.97 Å². The molecule has 1 aromatic heterocycles. The second kappa shape index (κ2) is 6.02. The summed E-state index contributed by atoms with van der Waals surface area (Å²) in [6, 6.07) is 0.405. The predicted octanol–water partition coefficient (Wildman–Crippen LogP) is 1.80. The molecule has 0 aromatic carbocycles. The number of anilines is 1. The van der Waals surface area contributed by atoms with E-state index in [4.69, 9.17) is 5.73 Å². The molecule has 84 valence electrons. The minimum absolute atomic E-state index is 0.405. The van der Waals surface area contributed by atoms with E-state index in [1.807, 2.05) is 0 Å². The van der Waals surface area contributed by atoms with Crippen LogP contribution in [0.1, 0.15) is 20.3 Å². The van der Waals surface area contributed by atoms with Crippen molar-refractivity contribution in [2.45, 2.75) is 26.3 Å². The third-order valence-electron chi connectivity index (χ3n) is 2.15. The van der Waals surface area contributed by atoms with Gasteiger partial charge in [0.2, 0.25) is 0 Å². The van der Waals surface area contributed by atoms with E-state index in [2.05, 4.69) is 44.6 Å². The van der Waals surface area contributed by atoms with Crippen LogP contribution < -0.4 is 10.6 Å². The highest BCUT2D eigenvalue weighted by molar-refractivity contribution is 9.10. The summed E-state index contributed by atoms with van der Waals surface area (Å²) in [7, 11) is 0. The Bertz CT molecular complexity index is 303. The standard InChI is InChI=1S/C10H17BrN4/c1-8(2)15(5-3-4-12)10-9(11)6-13-7-14-10/h6-8H,3-5,12H2,1-2H3. The molecule has 0 aliphatic heterocycles. The minimum atomic E-state index is 0.405. The van der Waals surface area contributed by atoms with Crippen LogP contribution in [0.25, 0.3) is 0 Å². The van der Waals surface area contributed by atoms with Crippen molar-refractivity contribution in [1.29, 1.82) is 0 Å². The van der Waals surface area contributed by atoms with Gasteiger partial charge in [0, 0.05) is 18.8 Å². The highest BCUT2D eigenvalue weighted by Crippen LogP contribution is 2.23. The van der Waals surface area contributed by atoms with Gasteiger partial charge in [0.15, 0.2) is 0 Å². The number of aromatic nitrogens is 2. The van der Waals surface area contributed by atoms with Gasteiger partial charge < -0.3 is 10.6 Å². The van der Waals surface area contributed by atoms with Gasteiger partial charge in [-0.1, -0.05) is 0 Å². The van der Waals surface area contributed by atoms with Gasteiger partial charge in [0.05, 0.1) is 4.47 Å². The van der Waals surface area contributed by atoms with Crippen LogP contribution in [0.2, 0.25) is 0 Å². The summed E-state index contributed by atoms with van der Waals surface area (Å²) in [5, 5.41) is 0. The number of hydrogen-bond acceptors (Lipinski definition) is 4. The first kappa shape index (κ1) is 12.4. The van der Waals surface area contributed by atoms with Crippen LogP contribution >= 0.6 is 15.9 Å². The van der Waals surface area contributed by atoms with Crippen LogP contribution in [-0.2, 0) is 0 Å². The van der Waals surface area contributed by atoms with Crippen molar-refractivity contribution < 1.29 is 0 Å². The maximum atomic E-state index is 5.52. The van der Waals surface area contributed by atoms with E-state index < -0.39 is 0 Å². The average Bonchev–Trinajstić information content (AvgIpc) is 2.20. The van der Waals surface area contributed by atoms with E-state index in [9.17, 15) is 0 Å². The lowest BCUT2D eigenvalue weighted by molar-refractivity contribution is 0.646. The Morgan fingerprint density at radius 2 is 2.27 bits per heavy atom. The summed E-state index contributed by atoms with van der Waals surface area (Å²) in [6.45, 7) is 5.91. The van der Waals surface area contributed by atoms with Crippen LogP contribution in [0.4, 0.5) is 5.82 Å². The van der Waals surface area contributed by atoms with Crippen molar-refractivity contribution in [3.8, 4) is 0 Å². The number of hydrogen-bond donors (Lipinski definition) is 1. The lowest BCUT2D eigenvalue weighted by Gasteiger charge is -2.28. The Labute approximate surface area is 99.0 Å². The molecule has 0 radical (unpaired) electrons. The number of rotatable bonds is 5. The Kier molecular flexibility index (Phi) is 4.98. The molecule has 0 atom stereocenters. The van der Waals surface area contributed by atoms with Gasteiger partial charge in [0.1, 0.15) is 12.1 Å². The first-order valence-electron chi connectivity index (χ1n) is 5.09. The molecule has 0 saturated carbocycles. The number of nitrogens with two attached hydrogens (primary N) is 1. The first-order valence-corrected chi connectivity index (χ1v) is 5.88. The Hall–Kier alpha value is -0.680. The fourth-order valence-corrected chi connectivity index (χ4v) is 1.84. The quantitative estimate of drug-likeness (QED) is 0.888. The largest absolute Gasteiger partial charge is 0.353 e. The van der Waals surface area contributed by atoms with Crippen molar-refractivity contribution in [3.63, 3.8) is 0 Å². The van der Waals surface area contributed by atoms with Gasteiger partial charge in [-0.3, -0.25) is 0 Å². The third kappa shape index (κ3) is 3.43. The fraction of sp³-hybridized carbons (Fsp3) is 0.600. The molecule has 15 heavy (non-hydrogen) atoms. The van der Waals surface area contributed by atoms with Gasteiger partial charge in [0.25, 0.3) is 0 Å². The van der Waals surface area contributed by atoms with Crippen LogP contribution in [0.3, 0.4) is 0 Å². The van der Waals surface area contributed by atoms with Crippen molar-refractivity contribution >= 4 is 21.7 Å². The van der Waals surface area contributed by atoms with Gasteiger partial charge >= 0.3 is 0 Å². The molecule has 1 rings (SSSR count). The lowest BCUT2D eigenvalue weighted by Crippen LogP contribution is -2.33. The van der Waals surface area contributed by atoms with E-state index in [0.717, 1.165) is 23.3 Å². The van der Waals surface area contributed by atoms with Crippen molar-refractivity contribution in [2.24, 2.45) is 5.73 Å². The zero-order chi connectivity index (χ0) is 11.3. The highest BCUT2D eigenvalue weighted by atomic mass is 79.9. The Morgan fingerprint density at radius 3 is 2.80 bits per heavy atom. The molecule has 0 bridgehead atoms. The second-order valence-corrected chi connectivity index (χ2v) is 4.48. The summed E-state index contributed by atoms with van der Waals surface area (Å²) in [6.07, 6.45) is 4.30. The molecule has 0 aliphatic rings. The number of halogens is 1. The van der Waals surface area contributed by atoms with E-state index in [0.29, 0.717) is 12.6 Å². The minimum Gasteiger partial charge on any atom is -0.353 e. The van der Waals surface area contributed by atoms with E-state index in [-0.39, 0.29) is 0 Å². The molecular weight excluding hydrogens is 256 g/mol. The molecule has 1 aromatic rings. The summed E-state index contributed by atoms with van der Waals surface area (Å²) >= 11 is 3.46. The molecule has 0 fully saturated rings. The predicted molar refractivity (Wildman–Crippen MR) is 65.9 cm³/mol. The molecule has 5 heteroatoms. The van der Waals surface area contributed by atoms with Crippen molar-refractivity contribution in [1.82, 2.24) is 9.97 Å². The van der Waals surface area contributed by atoms with Crippen LogP contribution in [-0.4, -0.2) is 29.1 Å². The van der Waals surface area contributed by atoms with Gasteiger partial charge in [-0.2, -0.15) is 0 Å². The lowest BCUT2D eigenvalue weighted by atomic mass is 10.3. The topological polar surface area (TPSA) is 55.0 Å². The average molecular weight is 273 g/mol.